The molecule has 1 rings (SSSR count). The highest BCUT2D eigenvalue weighted by Crippen LogP contribution is 2.17. The number of ether oxygens (including phenoxy) is 1. The molecule has 0 bridgehead atoms. The number of nitrogen functional groups attached to an aromatic ring is 1. The summed E-state index contributed by atoms with van der Waals surface area (Å²) in [6, 6.07) is 3.36. The lowest BCUT2D eigenvalue weighted by molar-refractivity contribution is -0.169. The number of nitrogens with two attached hydrogens (primary N) is 1. The van der Waals surface area contributed by atoms with Crippen molar-refractivity contribution < 1.29 is 26.5 Å². The molecule has 0 aliphatic carbocycles. The van der Waals surface area contributed by atoms with Gasteiger partial charge in [0.15, 0.2) is 0 Å². The maximum atomic E-state index is 13.0. The zero-order chi connectivity index (χ0) is 13.1. The van der Waals surface area contributed by atoms with E-state index in [1.165, 1.54) is 12.1 Å². The van der Waals surface area contributed by atoms with Gasteiger partial charge in [0.05, 0.1) is 16.5 Å². The van der Waals surface area contributed by atoms with Crippen LogP contribution < -0.4 is 5.73 Å². The molecule has 0 saturated carbocycles. The van der Waals surface area contributed by atoms with Crippen LogP contribution in [0.1, 0.15) is 0 Å². The van der Waals surface area contributed by atoms with Crippen molar-refractivity contribution in [1.29, 1.82) is 0 Å². The predicted octanol–water partition coefficient (Wildman–Crippen LogP) is 2.05. The summed E-state index contributed by atoms with van der Waals surface area (Å²) in [7, 11) is -1.85. The van der Waals surface area contributed by atoms with Crippen LogP contribution in [0.4, 0.5) is 23.2 Å². The largest absolute Gasteiger partial charge is 0.411 e. The molecule has 0 saturated heterocycles. The number of hydrogen-bond donors (Lipinski definition) is 1. The molecule has 0 heterocycles. The second-order valence-electron chi connectivity index (χ2n) is 3.11. The second kappa shape index (κ2) is 5.46. The van der Waals surface area contributed by atoms with Crippen LogP contribution in [0.3, 0.4) is 0 Å². The van der Waals surface area contributed by atoms with Gasteiger partial charge in [-0.3, -0.25) is 4.21 Å². The van der Waals surface area contributed by atoms with Crippen LogP contribution in [-0.2, 0) is 15.5 Å². The molecule has 0 fully saturated rings. The van der Waals surface area contributed by atoms with E-state index in [1.54, 1.807) is 0 Å². The molecule has 1 unspecified atom stereocenters. The predicted molar refractivity (Wildman–Crippen MR) is 54.1 cm³/mol. The number of halogens is 4. The highest BCUT2D eigenvalue weighted by atomic mass is 32.2. The molecule has 0 aliphatic rings. The van der Waals surface area contributed by atoms with Crippen LogP contribution in [0.25, 0.3) is 0 Å². The summed E-state index contributed by atoms with van der Waals surface area (Å²) in [5.74, 6) is -1.42. The number of alkyl halides is 3. The van der Waals surface area contributed by atoms with Crippen molar-refractivity contribution in [3.05, 3.63) is 24.0 Å². The van der Waals surface area contributed by atoms with Gasteiger partial charge in [0.25, 0.3) is 0 Å². The maximum absolute atomic E-state index is 13.0. The summed E-state index contributed by atoms with van der Waals surface area (Å²) in [6.45, 7) is -1.49. The number of rotatable bonds is 4. The van der Waals surface area contributed by atoms with E-state index < -0.39 is 35.3 Å². The van der Waals surface area contributed by atoms with E-state index >= 15 is 0 Å². The Morgan fingerprint density at radius 2 is 2.00 bits per heavy atom. The molecule has 1 aromatic rings. The average Bonchev–Trinajstić information content (AvgIpc) is 2.20. The minimum absolute atomic E-state index is 0.0267. The van der Waals surface area contributed by atoms with Crippen LogP contribution in [0.5, 0.6) is 0 Å². The zero-order valence-corrected chi connectivity index (χ0v) is 9.28. The molecule has 3 nitrogen and oxygen atoms in total. The normalized spacial score (nSPS) is 13.6. The van der Waals surface area contributed by atoms with Gasteiger partial charge in [0, 0.05) is 4.90 Å². The number of hydrogen-bond acceptors (Lipinski definition) is 3. The summed E-state index contributed by atoms with van der Waals surface area (Å²) in [4.78, 5) is 0.0267. The molecule has 0 radical (unpaired) electrons. The monoisotopic (exact) mass is 271 g/mol. The van der Waals surface area contributed by atoms with Gasteiger partial charge in [0.1, 0.15) is 18.4 Å². The van der Waals surface area contributed by atoms with Crippen molar-refractivity contribution in [3.63, 3.8) is 0 Å². The van der Waals surface area contributed by atoms with Gasteiger partial charge in [-0.05, 0) is 18.2 Å². The Kier molecular flexibility index (Phi) is 4.47. The van der Waals surface area contributed by atoms with Gasteiger partial charge in [-0.25, -0.2) is 4.39 Å². The molecular formula is C9H9F4NO2S. The van der Waals surface area contributed by atoms with Gasteiger partial charge >= 0.3 is 6.18 Å². The minimum atomic E-state index is -4.48. The first kappa shape index (κ1) is 13.9. The van der Waals surface area contributed by atoms with E-state index in [-0.39, 0.29) is 10.6 Å². The Labute approximate surface area is 97.0 Å². The quantitative estimate of drug-likeness (QED) is 0.673. The first-order valence-corrected chi connectivity index (χ1v) is 5.69. The third-order valence-corrected chi connectivity index (χ3v) is 2.85. The van der Waals surface area contributed by atoms with E-state index in [2.05, 4.69) is 4.74 Å². The van der Waals surface area contributed by atoms with Crippen molar-refractivity contribution in [3.8, 4) is 0 Å². The highest BCUT2D eigenvalue weighted by molar-refractivity contribution is 7.84. The van der Waals surface area contributed by atoms with Crippen molar-refractivity contribution in [2.24, 2.45) is 0 Å². The Morgan fingerprint density at radius 1 is 1.35 bits per heavy atom. The molecular weight excluding hydrogens is 262 g/mol. The summed E-state index contributed by atoms with van der Waals surface area (Å²) in [5.41, 5.74) is 5.07. The first-order chi connectivity index (χ1) is 7.79. The summed E-state index contributed by atoms with van der Waals surface area (Å²) in [5, 5.41) is 0. The molecule has 8 heteroatoms. The van der Waals surface area contributed by atoms with E-state index in [1.807, 2.05) is 0 Å². The summed E-state index contributed by atoms with van der Waals surface area (Å²) < 4.78 is 63.8. The van der Waals surface area contributed by atoms with E-state index in [0.29, 0.717) is 0 Å². The second-order valence-corrected chi connectivity index (χ2v) is 4.51. The van der Waals surface area contributed by atoms with Crippen molar-refractivity contribution in [1.82, 2.24) is 0 Å². The molecule has 1 atom stereocenters. The topological polar surface area (TPSA) is 52.3 Å². The third kappa shape index (κ3) is 4.70. The fourth-order valence-corrected chi connectivity index (χ4v) is 1.78. The van der Waals surface area contributed by atoms with E-state index in [0.717, 1.165) is 6.07 Å². The van der Waals surface area contributed by atoms with Gasteiger partial charge < -0.3 is 10.5 Å². The van der Waals surface area contributed by atoms with Crippen molar-refractivity contribution >= 4 is 16.5 Å². The lowest BCUT2D eigenvalue weighted by Gasteiger charge is -2.07. The lowest BCUT2D eigenvalue weighted by Crippen LogP contribution is -2.18. The zero-order valence-electron chi connectivity index (χ0n) is 8.46. The Bertz CT molecular complexity index is 422. The van der Waals surface area contributed by atoms with Gasteiger partial charge in [0.2, 0.25) is 0 Å². The van der Waals surface area contributed by atoms with Gasteiger partial charge in [-0.15, -0.1) is 0 Å². The first-order valence-electron chi connectivity index (χ1n) is 4.37. The van der Waals surface area contributed by atoms with E-state index in [4.69, 9.17) is 5.73 Å². The fraction of sp³-hybridized carbons (Fsp3) is 0.333. The minimum Gasteiger partial charge on any atom is -0.396 e. The number of benzene rings is 1. The summed E-state index contributed by atoms with van der Waals surface area (Å²) in [6.07, 6.45) is -4.48. The van der Waals surface area contributed by atoms with Crippen LogP contribution in [0.15, 0.2) is 23.1 Å². The molecule has 0 amide bonds. The van der Waals surface area contributed by atoms with Crippen LogP contribution in [-0.4, -0.2) is 22.9 Å². The SMILES string of the molecule is Nc1ccc(S(=O)COCC(F)(F)F)cc1F. The Hall–Kier alpha value is -1.15. The molecule has 0 aliphatic heterocycles. The third-order valence-electron chi connectivity index (χ3n) is 1.69. The molecule has 96 valence electrons. The molecule has 0 aromatic heterocycles. The standard InChI is InChI=1S/C9H9F4NO2S/c10-7-3-6(1-2-8(7)14)17(15)5-16-4-9(11,12)13/h1-3H,4-5,14H2. The van der Waals surface area contributed by atoms with Gasteiger partial charge in [-0.2, -0.15) is 13.2 Å². The van der Waals surface area contributed by atoms with Crippen molar-refractivity contribution in [2.45, 2.75) is 11.1 Å². The summed E-state index contributed by atoms with van der Waals surface area (Å²) >= 11 is 0. The molecule has 17 heavy (non-hydrogen) atoms. The van der Waals surface area contributed by atoms with E-state index in [9.17, 15) is 21.8 Å². The Morgan fingerprint density at radius 3 is 2.53 bits per heavy atom. The molecule has 0 spiro atoms. The number of anilines is 1. The molecule has 1 aromatic carbocycles. The maximum Gasteiger partial charge on any atom is 0.411 e. The Balaban J connectivity index is 2.56. The van der Waals surface area contributed by atoms with Gasteiger partial charge in [-0.1, -0.05) is 0 Å². The van der Waals surface area contributed by atoms with Crippen LogP contribution >= 0.6 is 0 Å². The fourth-order valence-electron chi connectivity index (χ4n) is 0.951. The van der Waals surface area contributed by atoms with Crippen LogP contribution in [0, 0.1) is 5.82 Å². The smallest absolute Gasteiger partial charge is 0.396 e. The highest BCUT2D eigenvalue weighted by Gasteiger charge is 2.27. The van der Waals surface area contributed by atoms with Crippen LogP contribution in [0.2, 0.25) is 0 Å². The van der Waals surface area contributed by atoms with Crippen molar-refractivity contribution in [2.75, 3.05) is 18.3 Å². The lowest BCUT2D eigenvalue weighted by atomic mass is 10.3. The average molecular weight is 271 g/mol. The molecule has 2 N–H and O–H groups in total.